The Hall–Kier alpha value is -2.79. The fraction of sp³-hybridized carbons (Fsp3) is 0.887. The number of carbonyl (C=O) groups excluding carboxylic acids is 6. The predicted octanol–water partition coefficient (Wildman–Crippen LogP) is 9.63. The molecule has 2 heterocycles. The fourth-order valence-corrected chi connectivity index (χ4v) is 10.4. The average Bonchev–Trinajstić information content (AvgIpc) is 3.30. The van der Waals surface area contributed by atoms with Crippen LogP contribution in [0.25, 0.3) is 0 Å². The van der Waals surface area contributed by atoms with E-state index in [-0.39, 0.29) is 36.4 Å². The monoisotopic (exact) mass is 997 g/mol. The van der Waals surface area contributed by atoms with E-state index in [0.29, 0.717) is 0 Å². The summed E-state index contributed by atoms with van der Waals surface area (Å²) in [5, 5.41) is 8.11. The first kappa shape index (κ1) is 62.3. The molecule has 2 aliphatic heterocycles. The number of primary amides is 1. The first-order chi connectivity index (χ1) is 33.0. The molecule has 8 atom stereocenters. The van der Waals surface area contributed by atoms with Gasteiger partial charge in [-0.2, -0.15) is 0 Å². The van der Waals surface area contributed by atoms with Gasteiger partial charge in [0.15, 0.2) is 10.9 Å². The average molecular weight is 997 g/mol. The van der Waals surface area contributed by atoms with Crippen LogP contribution >= 0.6 is 11.8 Å². The number of nitrogens with two attached hydrogens (primary N) is 1. The summed E-state index contributed by atoms with van der Waals surface area (Å²) in [6.45, 7) is 12.5. The van der Waals surface area contributed by atoms with Crippen LogP contribution in [0.1, 0.15) is 228 Å². The largest absolute Gasteiger partial charge is 0.469 e. The van der Waals surface area contributed by atoms with Crippen LogP contribution in [0.15, 0.2) is 0 Å². The summed E-state index contributed by atoms with van der Waals surface area (Å²) < 4.78 is 30.1. The number of methoxy groups -OCH3 is 1. The Balaban J connectivity index is 2.17. The van der Waals surface area contributed by atoms with Gasteiger partial charge in [0.05, 0.1) is 19.8 Å². The van der Waals surface area contributed by atoms with E-state index in [0.717, 1.165) is 63.1 Å². The van der Waals surface area contributed by atoms with Gasteiger partial charge in [0.25, 0.3) is 0 Å². The fourth-order valence-electron chi connectivity index (χ4n) is 9.17. The molecule has 0 unspecified atom stereocenters. The van der Waals surface area contributed by atoms with E-state index >= 15 is 0 Å². The molecule has 0 aliphatic carbocycles. The van der Waals surface area contributed by atoms with Crippen LogP contribution in [-0.4, -0.2) is 102 Å². The molecule has 400 valence electrons. The molecule has 2 aliphatic rings. The van der Waals surface area contributed by atoms with Crippen LogP contribution in [-0.2, 0) is 52.5 Å². The smallest absolute Gasteiger partial charge is 0.305 e. The summed E-state index contributed by atoms with van der Waals surface area (Å²) in [7, 11) is 1.21. The van der Waals surface area contributed by atoms with Crippen molar-refractivity contribution in [3.05, 3.63) is 0 Å². The number of nitrogens with one attached hydrogen (secondary N) is 3. The Bertz CT molecular complexity index is 1460. The lowest BCUT2D eigenvalue weighted by atomic mass is 9.95. The van der Waals surface area contributed by atoms with E-state index in [1.165, 1.54) is 143 Å². The van der Waals surface area contributed by atoms with Gasteiger partial charge in [0, 0.05) is 19.3 Å². The number of carbonyl (C=O) groups is 6. The molecule has 0 saturated carbocycles. The molecule has 0 radical (unpaired) electrons. The first-order valence-corrected chi connectivity index (χ1v) is 28.0. The topological polar surface area (TPSA) is 211 Å². The molecule has 0 bridgehead atoms. The molecule has 0 aromatic carbocycles. The van der Waals surface area contributed by atoms with Gasteiger partial charge in [-0.25, -0.2) is 0 Å². The second-order valence-electron chi connectivity index (χ2n) is 20.1. The normalized spacial score (nSPS) is 21.1. The van der Waals surface area contributed by atoms with Crippen molar-refractivity contribution in [1.29, 1.82) is 0 Å². The van der Waals surface area contributed by atoms with Gasteiger partial charge in [-0.3, -0.25) is 28.8 Å². The van der Waals surface area contributed by atoms with Crippen LogP contribution in [0.2, 0.25) is 0 Å². The van der Waals surface area contributed by atoms with Crippen molar-refractivity contribution in [1.82, 2.24) is 16.0 Å². The number of hydrogen-bond acceptors (Lipinski definition) is 12. The zero-order chi connectivity index (χ0) is 51.0. The molecule has 0 aromatic rings. The molecule has 0 aromatic heterocycles. The Morgan fingerprint density at radius 3 is 1.62 bits per heavy atom. The Labute approximate surface area is 420 Å². The highest BCUT2D eigenvalue weighted by Gasteiger charge is 2.54. The minimum Gasteiger partial charge on any atom is -0.469 e. The van der Waals surface area contributed by atoms with Crippen molar-refractivity contribution in [2.24, 2.45) is 11.7 Å². The van der Waals surface area contributed by atoms with Crippen LogP contribution in [0.5, 0.6) is 0 Å². The Morgan fingerprint density at radius 1 is 0.696 bits per heavy atom. The minimum atomic E-state index is -1.17. The highest BCUT2D eigenvalue weighted by Crippen LogP contribution is 2.39. The van der Waals surface area contributed by atoms with Crippen LogP contribution in [0, 0.1) is 5.92 Å². The van der Waals surface area contributed by atoms with Crippen molar-refractivity contribution >= 4 is 46.5 Å². The number of hydrogen-bond donors (Lipinski definition) is 4. The summed E-state index contributed by atoms with van der Waals surface area (Å²) in [6, 6.07) is -3.18. The molecule has 15 nitrogen and oxygen atoms in total. The maximum absolute atomic E-state index is 14.5. The molecule has 69 heavy (non-hydrogen) atoms. The highest BCUT2D eigenvalue weighted by atomic mass is 32.2. The lowest BCUT2D eigenvalue weighted by Crippen LogP contribution is -2.68. The SMILES string of the molecule is CCCCCCCCCCCCCCC(CCCCCCCCCCCCCC)C(=O)S[C@@H]1O[C@@H]2COC(C)(C)O[C@H]2[C@H](O[C@H](C)C(=O)N[C@@H](C)C(=O)N[C@H](CCC(=O)OC)C(N)=O)[C@H]1NC(C)=O. The van der Waals surface area contributed by atoms with E-state index in [2.05, 4.69) is 34.5 Å². The number of unbranched alkanes of at least 4 members (excludes halogenated alkanes) is 22. The molecule has 2 saturated heterocycles. The summed E-state index contributed by atoms with van der Waals surface area (Å²) in [6.07, 6.45) is 27.6. The van der Waals surface area contributed by atoms with Gasteiger partial charge in [0.1, 0.15) is 41.9 Å². The van der Waals surface area contributed by atoms with Crippen molar-refractivity contribution in [3.8, 4) is 0 Å². The summed E-state index contributed by atoms with van der Waals surface area (Å²) >= 11 is 1.08. The quantitative estimate of drug-likeness (QED) is 0.0335. The van der Waals surface area contributed by atoms with Crippen molar-refractivity contribution in [2.45, 2.75) is 282 Å². The molecule has 16 heteroatoms. The van der Waals surface area contributed by atoms with Gasteiger partial charge in [-0.15, -0.1) is 0 Å². The third kappa shape index (κ3) is 26.5. The van der Waals surface area contributed by atoms with E-state index in [4.69, 9.17) is 24.7 Å². The second-order valence-corrected chi connectivity index (χ2v) is 21.2. The van der Waals surface area contributed by atoms with E-state index in [9.17, 15) is 28.8 Å². The molecule has 0 spiro atoms. The minimum absolute atomic E-state index is 0.0168. The van der Waals surface area contributed by atoms with Crippen LogP contribution in [0.4, 0.5) is 0 Å². The summed E-state index contributed by atoms with van der Waals surface area (Å²) in [5.74, 6) is -4.35. The van der Waals surface area contributed by atoms with Crippen LogP contribution in [0.3, 0.4) is 0 Å². The van der Waals surface area contributed by atoms with Gasteiger partial charge in [-0.05, 0) is 47.0 Å². The lowest BCUT2D eigenvalue weighted by molar-refractivity contribution is -0.346. The van der Waals surface area contributed by atoms with E-state index in [1.54, 1.807) is 13.8 Å². The zero-order valence-corrected chi connectivity index (χ0v) is 45.0. The third-order valence-corrected chi connectivity index (χ3v) is 14.6. The van der Waals surface area contributed by atoms with Crippen molar-refractivity contribution in [2.75, 3.05) is 13.7 Å². The lowest BCUT2D eigenvalue weighted by Gasteiger charge is -2.51. The number of fused-ring (bicyclic) bond motifs is 1. The third-order valence-electron chi connectivity index (χ3n) is 13.4. The van der Waals surface area contributed by atoms with Crippen molar-refractivity contribution < 1.29 is 52.5 Å². The number of amides is 4. The maximum atomic E-state index is 14.5. The summed E-state index contributed by atoms with van der Waals surface area (Å²) in [4.78, 5) is 77.9. The molecule has 5 N–H and O–H groups in total. The number of thioether (sulfide) groups is 1. The van der Waals surface area contributed by atoms with Gasteiger partial charge < -0.3 is 45.4 Å². The number of esters is 1. The van der Waals surface area contributed by atoms with Crippen molar-refractivity contribution in [3.63, 3.8) is 0 Å². The zero-order valence-electron chi connectivity index (χ0n) is 44.2. The van der Waals surface area contributed by atoms with Crippen LogP contribution < -0.4 is 21.7 Å². The Kier molecular flexibility index (Phi) is 32.7. The van der Waals surface area contributed by atoms with E-state index in [1.807, 2.05) is 0 Å². The second kappa shape index (κ2) is 36.2. The highest BCUT2D eigenvalue weighted by molar-refractivity contribution is 8.14. The predicted molar refractivity (Wildman–Crippen MR) is 273 cm³/mol. The first-order valence-electron chi connectivity index (χ1n) is 27.1. The molecular formula is C53H96N4O11S. The molecular weight excluding hydrogens is 901 g/mol. The van der Waals surface area contributed by atoms with Gasteiger partial charge >= 0.3 is 5.97 Å². The number of ether oxygens (including phenoxy) is 5. The molecule has 2 fully saturated rings. The van der Waals surface area contributed by atoms with Gasteiger partial charge in [0.2, 0.25) is 23.6 Å². The van der Waals surface area contributed by atoms with E-state index < -0.39 is 77.5 Å². The summed E-state index contributed by atoms with van der Waals surface area (Å²) in [5.41, 5.74) is 4.60. The number of rotatable bonds is 39. The Morgan fingerprint density at radius 2 is 1.17 bits per heavy atom. The standard InChI is InChI=1S/C53H96N4O11S/c1-9-11-13-15-17-19-21-23-25-27-29-31-33-41(34-32-30-28-26-24-22-20-18-16-14-12-10-2)51(63)69-52-45(56-40(5)58)47(46-43(67-52)37-65-53(6,7)68-46)66-39(4)50(62)55-38(3)49(61)57-42(48(54)60)35-36-44(59)64-8/h38-39,41-43,45-47,52H,9-37H2,1-8H3,(H2,54,60)(H,55,62)(H,56,58)(H,57,61)/t38-,39+,42+,43+,45+,46+,47+,52-/m0/s1. The maximum Gasteiger partial charge on any atom is 0.305 e. The van der Waals surface area contributed by atoms with Gasteiger partial charge in [-0.1, -0.05) is 180 Å². The molecule has 4 amide bonds. The molecule has 2 rings (SSSR count).